The van der Waals surface area contributed by atoms with Crippen LogP contribution in [0.5, 0.6) is 0 Å². The molecule has 5 nitrogen and oxygen atoms in total. The summed E-state index contributed by atoms with van der Waals surface area (Å²) in [6.07, 6.45) is 0.627. The van der Waals surface area contributed by atoms with E-state index >= 15 is 0 Å². The number of carbonyl (C=O) groups is 2. The van der Waals surface area contributed by atoms with Gasteiger partial charge in [0.05, 0.1) is 11.3 Å². The number of nitrogens with one attached hydrogen (secondary N) is 1. The van der Waals surface area contributed by atoms with Gasteiger partial charge in [-0.15, -0.1) is 0 Å². The number of carboxylic acid groups (broad SMARTS) is 1. The zero-order chi connectivity index (χ0) is 14.6. The molecule has 0 bridgehead atoms. The maximum absolute atomic E-state index is 13.0. The quantitative estimate of drug-likeness (QED) is 0.761. The van der Waals surface area contributed by atoms with Gasteiger partial charge in [-0.2, -0.15) is 0 Å². The summed E-state index contributed by atoms with van der Waals surface area (Å²) in [4.78, 5) is 22.6. The van der Waals surface area contributed by atoms with E-state index in [1.54, 1.807) is 13.8 Å². The molecule has 0 aromatic heterocycles. The number of carboxylic acids is 1. The van der Waals surface area contributed by atoms with Gasteiger partial charge in [-0.05, 0) is 38.5 Å². The van der Waals surface area contributed by atoms with E-state index in [0.29, 0.717) is 6.42 Å². The minimum absolute atomic E-state index is 0.0775. The summed E-state index contributed by atoms with van der Waals surface area (Å²) >= 11 is 0. The molecular formula is C13H17FN2O3. The lowest BCUT2D eigenvalue weighted by Crippen LogP contribution is -2.33. The van der Waals surface area contributed by atoms with E-state index in [9.17, 15) is 14.0 Å². The zero-order valence-corrected chi connectivity index (χ0v) is 10.9. The second-order valence-corrected chi connectivity index (χ2v) is 5.03. The number of carbonyl (C=O) groups excluding carboxylic acids is 1. The van der Waals surface area contributed by atoms with Crippen molar-refractivity contribution in [2.24, 2.45) is 5.73 Å². The molecule has 1 aromatic rings. The summed E-state index contributed by atoms with van der Waals surface area (Å²) in [5.41, 5.74) is 5.08. The molecule has 0 fully saturated rings. The number of halogens is 1. The van der Waals surface area contributed by atoms with E-state index in [0.717, 1.165) is 12.1 Å². The van der Waals surface area contributed by atoms with Crippen LogP contribution in [0, 0.1) is 5.82 Å². The number of nitrogens with two attached hydrogens (primary N) is 1. The standard InChI is InChI=1S/C13H17FN2O3/c1-13(2,15)6-5-11(17)16-10-4-3-8(14)7-9(10)12(18)19/h3-4,7H,5-6,15H2,1-2H3,(H,16,17)(H,18,19). The first kappa shape index (κ1) is 15.1. The van der Waals surface area contributed by atoms with Gasteiger partial charge in [-0.25, -0.2) is 9.18 Å². The van der Waals surface area contributed by atoms with Gasteiger partial charge in [-0.3, -0.25) is 4.79 Å². The van der Waals surface area contributed by atoms with E-state index < -0.39 is 17.3 Å². The predicted octanol–water partition coefficient (Wildman–Crippen LogP) is 1.98. The Balaban J connectivity index is 2.77. The lowest BCUT2D eigenvalue weighted by molar-refractivity contribution is -0.116. The molecule has 0 atom stereocenters. The molecule has 0 radical (unpaired) electrons. The average Bonchev–Trinajstić information content (AvgIpc) is 2.28. The minimum atomic E-state index is -1.30. The van der Waals surface area contributed by atoms with Crippen LogP contribution in [0.3, 0.4) is 0 Å². The second-order valence-electron chi connectivity index (χ2n) is 5.03. The normalized spacial score (nSPS) is 11.2. The van der Waals surface area contributed by atoms with Crippen molar-refractivity contribution < 1.29 is 19.1 Å². The Kier molecular flexibility index (Phi) is 4.61. The van der Waals surface area contributed by atoms with Gasteiger partial charge in [0.1, 0.15) is 5.82 Å². The fourth-order valence-electron chi connectivity index (χ4n) is 1.45. The minimum Gasteiger partial charge on any atom is -0.478 e. The Bertz CT molecular complexity index is 495. The van der Waals surface area contributed by atoms with Crippen LogP contribution in [0.2, 0.25) is 0 Å². The third-order valence-corrected chi connectivity index (χ3v) is 2.48. The highest BCUT2D eigenvalue weighted by molar-refractivity contribution is 6.00. The highest BCUT2D eigenvalue weighted by Crippen LogP contribution is 2.18. The molecule has 0 aliphatic rings. The summed E-state index contributed by atoms with van der Waals surface area (Å²) in [6, 6.07) is 3.18. The van der Waals surface area contributed by atoms with Crippen LogP contribution < -0.4 is 11.1 Å². The van der Waals surface area contributed by atoms with Gasteiger partial charge in [-0.1, -0.05) is 0 Å². The van der Waals surface area contributed by atoms with Crippen molar-refractivity contribution in [3.05, 3.63) is 29.6 Å². The van der Waals surface area contributed by atoms with Gasteiger partial charge >= 0.3 is 5.97 Å². The Labute approximate surface area is 110 Å². The summed E-state index contributed by atoms with van der Waals surface area (Å²) in [7, 11) is 0. The molecule has 0 aliphatic carbocycles. The SMILES string of the molecule is CC(C)(N)CCC(=O)Nc1ccc(F)cc1C(=O)O. The lowest BCUT2D eigenvalue weighted by Gasteiger charge is -2.17. The molecule has 4 N–H and O–H groups in total. The topological polar surface area (TPSA) is 92.4 Å². The van der Waals surface area contributed by atoms with Crippen LogP contribution in [0.15, 0.2) is 18.2 Å². The number of hydrogen-bond donors (Lipinski definition) is 3. The summed E-state index contributed by atoms with van der Waals surface area (Å²) in [5.74, 6) is -2.32. The first-order valence-electron chi connectivity index (χ1n) is 5.80. The molecule has 0 heterocycles. The van der Waals surface area contributed by atoms with E-state index in [2.05, 4.69) is 5.32 Å². The fraction of sp³-hybridized carbons (Fsp3) is 0.385. The van der Waals surface area contributed by atoms with Crippen LogP contribution in [-0.2, 0) is 4.79 Å². The molecule has 104 valence electrons. The molecule has 0 spiro atoms. The van der Waals surface area contributed by atoms with Crippen LogP contribution in [0.1, 0.15) is 37.0 Å². The highest BCUT2D eigenvalue weighted by Gasteiger charge is 2.16. The number of anilines is 1. The molecule has 0 saturated carbocycles. The van der Waals surface area contributed by atoms with Gasteiger partial charge in [0.15, 0.2) is 0 Å². The van der Waals surface area contributed by atoms with Crippen molar-refractivity contribution in [3.63, 3.8) is 0 Å². The van der Waals surface area contributed by atoms with Crippen LogP contribution in [0.25, 0.3) is 0 Å². The van der Waals surface area contributed by atoms with E-state index in [1.165, 1.54) is 6.07 Å². The second kappa shape index (κ2) is 5.79. The fourth-order valence-corrected chi connectivity index (χ4v) is 1.45. The van der Waals surface area contributed by atoms with Crippen molar-refractivity contribution in [2.75, 3.05) is 5.32 Å². The maximum atomic E-state index is 13.0. The lowest BCUT2D eigenvalue weighted by atomic mass is 10.00. The largest absolute Gasteiger partial charge is 0.478 e. The number of rotatable bonds is 5. The van der Waals surface area contributed by atoms with Crippen molar-refractivity contribution in [1.82, 2.24) is 0 Å². The van der Waals surface area contributed by atoms with Crippen molar-refractivity contribution in [2.45, 2.75) is 32.2 Å². The smallest absolute Gasteiger partial charge is 0.337 e. The summed E-state index contributed by atoms with van der Waals surface area (Å²) in [5, 5.41) is 11.4. The average molecular weight is 268 g/mol. The first-order valence-corrected chi connectivity index (χ1v) is 5.80. The highest BCUT2D eigenvalue weighted by atomic mass is 19.1. The zero-order valence-electron chi connectivity index (χ0n) is 10.9. The van der Waals surface area contributed by atoms with Gasteiger partial charge in [0, 0.05) is 12.0 Å². The number of aromatic carboxylic acids is 1. The summed E-state index contributed by atoms with van der Waals surface area (Å²) < 4.78 is 13.0. The molecular weight excluding hydrogens is 251 g/mol. The van der Waals surface area contributed by atoms with Gasteiger partial charge in [0.25, 0.3) is 0 Å². The molecule has 0 saturated heterocycles. The van der Waals surface area contributed by atoms with E-state index in [1.807, 2.05) is 0 Å². The van der Waals surface area contributed by atoms with Crippen LogP contribution >= 0.6 is 0 Å². The number of amides is 1. The molecule has 6 heteroatoms. The van der Waals surface area contributed by atoms with Crippen molar-refractivity contribution >= 4 is 17.6 Å². The Morgan fingerprint density at radius 1 is 1.42 bits per heavy atom. The predicted molar refractivity (Wildman–Crippen MR) is 69.5 cm³/mol. The van der Waals surface area contributed by atoms with E-state index in [4.69, 9.17) is 10.8 Å². The van der Waals surface area contributed by atoms with Crippen LogP contribution in [-0.4, -0.2) is 22.5 Å². The molecule has 0 aliphatic heterocycles. The molecule has 1 amide bonds. The first-order chi connectivity index (χ1) is 8.69. The van der Waals surface area contributed by atoms with Crippen LogP contribution in [0.4, 0.5) is 10.1 Å². The summed E-state index contributed by atoms with van der Waals surface area (Å²) in [6.45, 7) is 3.59. The third kappa shape index (κ3) is 5.05. The van der Waals surface area contributed by atoms with Crippen molar-refractivity contribution in [1.29, 1.82) is 0 Å². The Morgan fingerprint density at radius 2 is 2.05 bits per heavy atom. The van der Waals surface area contributed by atoms with E-state index in [-0.39, 0.29) is 23.6 Å². The third-order valence-electron chi connectivity index (χ3n) is 2.48. The van der Waals surface area contributed by atoms with Gasteiger partial charge < -0.3 is 16.2 Å². The number of hydrogen-bond acceptors (Lipinski definition) is 3. The van der Waals surface area contributed by atoms with Gasteiger partial charge in [0.2, 0.25) is 5.91 Å². The number of benzene rings is 1. The maximum Gasteiger partial charge on any atom is 0.337 e. The molecule has 0 unspecified atom stereocenters. The Morgan fingerprint density at radius 3 is 2.58 bits per heavy atom. The molecule has 19 heavy (non-hydrogen) atoms. The van der Waals surface area contributed by atoms with Crippen molar-refractivity contribution in [3.8, 4) is 0 Å². The molecule has 1 aromatic carbocycles. The Hall–Kier alpha value is -1.95. The molecule has 1 rings (SSSR count). The monoisotopic (exact) mass is 268 g/mol.